The maximum atomic E-state index is 13.1. The Morgan fingerprint density at radius 3 is 2.50 bits per heavy atom. The molecule has 0 unspecified atom stereocenters. The molecule has 0 saturated carbocycles. The average Bonchev–Trinajstić information content (AvgIpc) is 2.42. The number of hydrogen-bond acceptors (Lipinski definition) is 2. The van der Waals surface area contributed by atoms with E-state index >= 15 is 0 Å². The lowest BCUT2D eigenvalue weighted by Gasteiger charge is -2.09. The molecule has 104 valence electrons. The molecule has 5 heteroatoms. The summed E-state index contributed by atoms with van der Waals surface area (Å²) in [4.78, 5) is 0. The van der Waals surface area contributed by atoms with E-state index in [1.807, 2.05) is 24.3 Å². The van der Waals surface area contributed by atoms with Crippen LogP contribution in [0, 0.1) is 11.2 Å². The van der Waals surface area contributed by atoms with Crippen molar-refractivity contribution in [2.24, 2.45) is 5.73 Å². The van der Waals surface area contributed by atoms with Crippen molar-refractivity contribution in [1.29, 1.82) is 5.41 Å². The smallest absolute Gasteiger partial charge is 0.123 e. The average molecular weight is 337 g/mol. The van der Waals surface area contributed by atoms with Crippen LogP contribution in [0.1, 0.15) is 16.7 Å². The lowest BCUT2D eigenvalue weighted by Crippen LogP contribution is -2.14. The lowest BCUT2D eigenvalue weighted by molar-refractivity contribution is 0.107. The van der Waals surface area contributed by atoms with Crippen LogP contribution >= 0.6 is 15.9 Å². The van der Waals surface area contributed by atoms with E-state index in [4.69, 9.17) is 15.9 Å². The third-order valence-electron chi connectivity index (χ3n) is 2.80. The van der Waals surface area contributed by atoms with Crippen molar-refractivity contribution in [2.45, 2.75) is 13.2 Å². The van der Waals surface area contributed by atoms with Gasteiger partial charge >= 0.3 is 0 Å². The van der Waals surface area contributed by atoms with Gasteiger partial charge < -0.3 is 10.5 Å². The van der Waals surface area contributed by atoms with Gasteiger partial charge in [0.05, 0.1) is 13.2 Å². The third-order valence-corrected chi connectivity index (χ3v) is 3.33. The number of nitrogens with one attached hydrogen (secondary N) is 1. The Kier molecular flexibility index (Phi) is 4.87. The molecule has 3 N–H and O–H groups in total. The van der Waals surface area contributed by atoms with E-state index in [2.05, 4.69) is 15.9 Å². The van der Waals surface area contributed by atoms with Crippen LogP contribution < -0.4 is 5.73 Å². The van der Waals surface area contributed by atoms with Gasteiger partial charge in [0.15, 0.2) is 0 Å². The van der Waals surface area contributed by atoms with Crippen molar-refractivity contribution in [3.8, 4) is 0 Å². The largest absolute Gasteiger partial charge is 0.384 e. The minimum atomic E-state index is -0.410. The fourth-order valence-corrected chi connectivity index (χ4v) is 2.05. The van der Waals surface area contributed by atoms with Crippen LogP contribution in [0.4, 0.5) is 4.39 Å². The second-order valence-corrected chi connectivity index (χ2v) is 5.25. The fourth-order valence-electron chi connectivity index (χ4n) is 1.78. The Morgan fingerprint density at radius 1 is 1.15 bits per heavy atom. The highest BCUT2D eigenvalue weighted by Crippen LogP contribution is 2.15. The molecule has 2 rings (SSSR count). The molecule has 0 amide bonds. The summed E-state index contributed by atoms with van der Waals surface area (Å²) in [6.45, 7) is 0.729. The predicted octanol–water partition coefficient (Wildman–Crippen LogP) is 3.59. The summed E-state index contributed by atoms with van der Waals surface area (Å²) in [5.41, 5.74) is 7.56. The Balaban J connectivity index is 2.00. The molecule has 0 fully saturated rings. The molecule has 0 aliphatic rings. The van der Waals surface area contributed by atoms with Crippen molar-refractivity contribution < 1.29 is 9.13 Å². The quantitative estimate of drug-likeness (QED) is 0.647. The van der Waals surface area contributed by atoms with Crippen molar-refractivity contribution in [2.75, 3.05) is 0 Å². The van der Waals surface area contributed by atoms with E-state index in [0.29, 0.717) is 17.7 Å². The van der Waals surface area contributed by atoms with Gasteiger partial charge in [-0.05, 0) is 35.4 Å². The number of ether oxygens (including phenoxy) is 1. The molecule has 2 aromatic carbocycles. The number of nitrogen functional groups attached to an aromatic ring is 1. The molecule has 2 aromatic rings. The molecular formula is C15H14BrFN2O. The van der Waals surface area contributed by atoms with Gasteiger partial charge in [-0.15, -0.1) is 0 Å². The maximum Gasteiger partial charge on any atom is 0.123 e. The van der Waals surface area contributed by atoms with Gasteiger partial charge in [-0.25, -0.2) is 4.39 Å². The molecule has 0 aliphatic carbocycles. The van der Waals surface area contributed by atoms with Gasteiger partial charge in [-0.2, -0.15) is 0 Å². The zero-order chi connectivity index (χ0) is 14.5. The molecule has 0 aliphatic heterocycles. The van der Waals surface area contributed by atoms with Crippen LogP contribution in [-0.2, 0) is 18.0 Å². The van der Waals surface area contributed by atoms with Crippen LogP contribution in [0.2, 0.25) is 0 Å². The molecule has 20 heavy (non-hydrogen) atoms. The minimum absolute atomic E-state index is 0.160. The first-order valence-electron chi connectivity index (χ1n) is 6.01. The van der Waals surface area contributed by atoms with Crippen molar-refractivity contribution in [1.82, 2.24) is 0 Å². The molecule has 0 saturated heterocycles. The van der Waals surface area contributed by atoms with Gasteiger partial charge in [0.1, 0.15) is 11.7 Å². The highest BCUT2D eigenvalue weighted by molar-refractivity contribution is 9.10. The Hall–Kier alpha value is -1.72. The Labute approximate surface area is 125 Å². The van der Waals surface area contributed by atoms with Gasteiger partial charge in [0.25, 0.3) is 0 Å². The number of nitrogens with two attached hydrogens (primary N) is 1. The summed E-state index contributed by atoms with van der Waals surface area (Å²) in [6, 6.07) is 12.0. The van der Waals surface area contributed by atoms with E-state index in [-0.39, 0.29) is 12.4 Å². The first-order valence-corrected chi connectivity index (χ1v) is 6.80. The maximum absolute atomic E-state index is 13.1. The topological polar surface area (TPSA) is 59.1 Å². The van der Waals surface area contributed by atoms with Gasteiger partial charge in [-0.3, -0.25) is 5.41 Å². The van der Waals surface area contributed by atoms with Crippen LogP contribution in [0.3, 0.4) is 0 Å². The number of hydrogen-bond donors (Lipinski definition) is 2. The molecule has 0 bridgehead atoms. The van der Waals surface area contributed by atoms with Crippen molar-refractivity contribution in [3.05, 3.63) is 69.4 Å². The SMILES string of the molecule is N=C(N)c1cc(F)ccc1COCc1ccc(Br)cc1. The highest BCUT2D eigenvalue weighted by atomic mass is 79.9. The van der Waals surface area contributed by atoms with E-state index in [9.17, 15) is 4.39 Å². The zero-order valence-corrected chi connectivity index (χ0v) is 12.3. The Morgan fingerprint density at radius 2 is 1.85 bits per heavy atom. The first kappa shape index (κ1) is 14.7. The second kappa shape index (κ2) is 6.63. The summed E-state index contributed by atoms with van der Waals surface area (Å²) in [7, 11) is 0. The van der Waals surface area contributed by atoms with Crippen molar-refractivity contribution >= 4 is 21.8 Å². The molecule has 0 atom stereocenters. The van der Waals surface area contributed by atoms with Crippen LogP contribution in [-0.4, -0.2) is 5.84 Å². The molecule has 0 radical (unpaired) electrons. The predicted molar refractivity (Wildman–Crippen MR) is 80.1 cm³/mol. The van der Waals surface area contributed by atoms with Gasteiger partial charge in [0, 0.05) is 10.0 Å². The van der Waals surface area contributed by atoms with Gasteiger partial charge in [-0.1, -0.05) is 34.1 Å². The molecule has 0 heterocycles. The van der Waals surface area contributed by atoms with Crippen LogP contribution in [0.15, 0.2) is 46.9 Å². The van der Waals surface area contributed by atoms with E-state index in [1.165, 1.54) is 12.1 Å². The molecule has 3 nitrogen and oxygen atoms in total. The molecule has 0 spiro atoms. The summed E-state index contributed by atoms with van der Waals surface area (Å²) in [6.07, 6.45) is 0. The fraction of sp³-hybridized carbons (Fsp3) is 0.133. The van der Waals surface area contributed by atoms with E-state index < -0.39 is 5.82 Å². The minimum Gasteiger partial charge on any atom is -0.384 e. The first-order chi connectivity index (χ1) is 9.56. The van der Waals surface area contributed by atoms with Gasteiger partial charge in [0.2, 0.25) is 0 Å². The Bertz CT molecular complexity index is 614. The normalized spacial score (nSPS) is 10.5. The van der Waals surface area contributed by atoms with E-state index in [0.717, 1.165) is 10.0 Å². The number of rotatable bonds is 5. The number of halogens is 2. The highest BCUT2D eigenvalue weighted by Gasteiger charge is 2.07. The lowest BCUT2D eigenvalue weighted by atomic mass is 10.1. The summed E-state index contributed by atoms with van der Waals surface area (Å²) in [5.74, 6) is -0.571. The third kappa shape index (κ3) is 3.88. The summed E-state index contributed by atoms with van der Waals surface area (Å²) in [5, 5.41) is 7.45. The second-order valence-electron chi connectivity index (χ2n) is 4.33. The van der Waals surface area contributed by atoms with Crippen LogP contribution in [0.5, 0.6) is 0 Å². The van der Waals surface area contributed by atoms with Crippen molar-refractivity contribution in [3.63, 3.8) is 0 Å². The number of amidine groups is 1. The van der Waals surface area contributed by atoms with E-state index in [1.54, 1.807) is 6.07 Å². The zero-order valence-electron chi connectivity index (χ0n) is 10.7. The molecular weight excluding hydrogens is 323 g/mol. The summed E-state index contributed by atoms with van der Waals surface area (Å²) < 4.78 is 19.7. The standard InChI is InChI=1S/C15H14BrFN2O/c16-12-4-1-10(2-5-12)8-20-9-11-3-6-13(17)7-14(11)15(18)19/h1-7H,8-9H2,(H3,18,19). The number of benzene rings is 2. The monoisotopic (exact) mass is 336 g/mol. The molecule has 0 aromatic heterocycles. The van der Waals surface area contributed by atoms with Crippen LogP contribution in [0.25, 0.3) is 0 Å². The summed E-state index contributed by atoms with van der Waals surface area (Å²) >= 11 is 3.37.